The second-order valence-electron chi connectivity index (χ2n) is 10.4. The predicted octanol–water partition coefficient (Wildman–Crippen LogP) is 8.20. The van der Waals surface area contributed by atoms with Crippen LogP contribution in [0.1, 0.15) is 110 Å². The van der Waals surface area contributed by atoms with Crippen molar-refractivity contribution in [1.29, 1.82) is 0 Å². The highest BCUT2D eigenvalue weighted by Gasteiger charge is 2.37. The van der Waals surface area contributed by atoms with Gasteiger partial charge in [-0.3, -0.25) is 0 Å². The molecule has 0 saturated heterocycles. The second-order valence-corrected chi connectivity index (χ2v) is 15.8. The maximum absolute atomic E-state index is 2.55. The molecule has 0 aromatic carbocycles. The SMILES string of the molecule is CCCCCCCCCCCCCCCC[N+](C)(C)C(CC)[Si](C)(C)C. The van der Waals surface area contributed by atoms with Crippen LogP contribution in [0.3, 0.4) is 0 Å². The molecule has 0 aliphatic heterocycles. The van der Waals surface area contributed by atoms with E-state index in [1.807, 2.05) is 0 Å². The number of unbranched alkanes of at least 4 members (excludes halogenated alkanes) is 13. The summed E-state index contributed by atoms with van der Waals surface area (Å²) in [7, 11) is 3.90. The minimum absolute atomic E-state index is 0.907. The molecule has 2 heteroatoms. The van der Waals surface area contributed by atoms with E-state index < -0.39 is 8.07 Å². The van der Waals surface area contributed by atoms with E-state index in [1.165, 1.54) is 107 Å². The molecule has 0 fully saturated rings. The van der Waals surface area contributed by atoms with Gasteiger partial charge in [-0.1, -0.05) is 111 Å². The topological polar surface area (TPSA) is 0 Å². The highest BCUT2D eigenvalue weighted by Crippen LogP contribution is 2.23. The number of hydrogen-bond acceptors (Lipinski definition) is 0. The van der Waals surface area contributed by atoms with Gasteiger partial charge in [0.25, 0.3) is 0 Å². The van der Waals surface area contributed by atoms with Crippen LogP contribution in [0.5, 0.6) is 0 Å². The van der Waals surface area contributed by atoms with Crippen molar-refractivity contribution in [3.05, 3.63) is 0 Å². The second kappa shape index (κ2) is 15.1. The smallest absolute Gasteiger partial charge is 0.114 e. The molecule has 0 bridgehead atoms. The first-order valence-electron chi connectivity index (χ1n) is 12.1. The van der Waals surface area contributed by atoms with Crippen LogP contribution in [-0.2, 0) is 0 Å². The van der Waals surface area contributed by atoms with Gasteiger partial charge in [0, 0.05) is 0 Å². The molecule has 0 amide bonds. The summed E-state index contributed by atoms with van der Waals surface area (Å²) in [5.41, 5.74) is 0.907. The highest BCUT2D eigenvalue weighted by atomic mass is 28.3. The summed E-state index contributed by atoms with van der Waals surface area (Å²) in [6, 6.07) is 0. The van der Waals surface area contributed by atoms with Crippen molar-refractivity contribution in [3.63, 3.8) is 0 Å². The Labute approximate surface area is 168 Å². The molecule has 0 aliphatic rings. The van der Waals surface area contributed by atoms with Crippen molar-refractivity contribution in [2.45, 2.75) is 135 Å². The summed E-state index contributed by atoms with van der Waals surface area (Å²) in [4.78, 5) is 0. The zero-order valence-corrected chi connectivity index (χ0v) is 20.8. The molecule has 0 saturated carbocycles. The van der Waals surface area contributed by atoms with Crippen molar-refractivity contribution in [2.24, 2.45) is 0 Å². The molecular weight excluding hydrogens is 330 g/mol. The lowest BCUT2D eigenvalue weighted by Crippen LogP contribution is -2.59. The third-order valence-electron chi connectivity index (χ3n) is 6.32. The van der Waals surface area contributed by atoms with Gasteiger partial charge in [-0.2, -0.15) is 0 Å². The first-order chi connectivity index (χ1) is 12.3. The van der Waals surface area contributed by atoms with Crippen LogP contribution >= 0.6 is 0 Å². The standard InChI is InChI=1S/C24H54NSi/c1-8-10-11-12-13-14-15-16-17-18-19-20-21-22-23-25(3,4)24(9-2)26(5,6)7/h24H,8-23H2,1-7H3/q+1. The Kier molecular flexibility index (Phi) is 15.2. The van der Waals surface area contributed by atoms with E-state index in [-0.39, 0.29) is 0 Å². The van der Waals surface area contributed by atoms with Crippen LogP contribution in [0.15, 0.2) is 0 Å². The fourth-order valence-corrected chi connectivity index (χ4v) is 8.48. The average molecular weight is 385 g/mol. The molecule has 158 valence electrons. The first-order valence-corrected chi connectivity index (χ1v) is 15.7. The van der Waals surface area contributed by atoms with Crippen molar-refractivity contribution < 1.29 is 4.48 Å². The molecule has 0 radical (unpaired) electrons. The van der Waals surface area contributed by atoms with Gasteiger partial charge in [-0.05, 0) is 19.3 Å². The fraction of sp³-hybridized carbons (Fsp3) is 1.00. The summed E-state index contributed by atoms with van der Waals surface area (Å²) in [5.74, 6) is 0. The molecule has 1 unspecified atom stereocenters. The molecule has 0 aromatic heterocycles. The molecule has 0 aromatic rings. The van der Waals surface area contributed by atoms with E-state index in [1.54, 1.807) is 0 Å². The Bertz CT molecular complexity index is 306. The summed E-state index contributed by atoms with van der Waals surface area (Å²) in [6.07, 6.45) is 21.7. The third kappa shape index (κ3) is 13.4. The number of rotatable bonds is 18. The summed E-state index contributed by atoms with van der Waals surface area (Å²) >= 11 is 0. The van der Waals surface area contributed by atoms with Gasteiger partial charge in [0.1, 0.15) is 8.07 Å². The van der Waals surface area contributed by atoms with Gasteiger partial charge >= 0.3 is 0 Å². The van der Waals surface area contributed by atoms with Crippen LogP contribution in [-0.4, -0.2) is 38.9 Å². The molecule has 0 aliphatic carbocycles. The zero-order valence-electron chi connectivity index (χ0n) is 19.8. The van der Waals surface area contributed by atoms with E-state index in [9.17, 15) is 0 Å². The summed E-state index contributed by atoms with van der Waals surface area (Å²) < 4.78 is 1.25. The van der Waals surface area contributed by atoms with Gasteiger partial charge in [-0.25, -0.2) is 0 Å². The lowest BCUT2D eigenvalue weighted by molar-refractivity contribution is -0.904. The Morgan fingerprint density at radius 3 is 1.23 bits per heavy atom. The molecule has 1 atom stereocenters. The quantitative estimate of drug-likeness (QED) is 0.127. The van der Waals surface area contributed by atoms with Crippen LogP contribution in [0.4, 0.5) is 0 Å². The monoisotopic (exact) mass is 384 g/mol. The fourth-order valence-electron chi connectivity index (χ4n) is 5.02. The maximum Gasteiger partial charge on any atom is 0.114 e. The number of quaternary nitrogens is 1. The van der Waals surface area contributed by atoms with E-state index in [0.29, 0.717) is 0 Å². The minimum atomic E-state index is -1.06. The van der Waals surface area contributed by atoms with Gasteiger partial charge in [0.15, 0.2) is 0 Å². The Hall–Kier alpha value is 0.177. The van der Waals surface area contributed by atoms with Gasteiger partial charge in [0.05, 0.1) is 26.3 Å². The van der Waals surface area contributed by atoms with Gasteiger partial charge < -0.3 is 4.48 Å². The molecular formula is C24H54NSi+. The molecule has 1 nitrogen and oxygen atoms in total. The van der Waals surface area contributed by atoms with Crippen molar-refractivity contribution in [3.8, 4) is 0 Å². The van der Waals surface area contributed by atoms with Gasteiger partial charge in [0.2, 0.25) is 0 Å². The Morgan fingerprint density at radius 1 is 0.577 bits per heavy atom. The number of hydrogen-bond donors (Lipinski definition) is 0. The maximum atomic E-state index is 2.55. The normalized spacial score (nSPS) is 14.0. The van der Waals surface area contributed by atoms with Crippen LogP contribution < -0.4 is 0 Å². The molecule has 0 heterocycles. The molecule has 0 spiro atoms. The van der Waals surface area contributed by atoms with Gasteiger partial charge in [-0.15, -0.1) is 0 Å². The van der Waals surface area contributed by atoms with Crippen LogP contribution in [0.25, 0.3) is 0 Å². The average Bonchev–Trinajstić information content (AvgIpc) is 2.54. The minimum Gasteiger partial charge on any atom is -0.330 e. The van der Waals surface area contributed by atoms with E-state index >= 15 is 0 Å². The Morgan fingerprint density at radius 2 is 0.923 bits per heavy atom. The molecule has 0 N–H and O–H groups in total. The largest absolute Gasteiger partial charge is 0.330 e. The Balaban J connectivity index is 3.53. The third-order valence-corrected chi connectivity index (χ3v) is 9.42. The summed E-state index contributed by atoms with van der Waals surface area (Å²) in [5, 5.41) is 0. The van der Waals surface area contributed by atoms with Crippen molar-refractivity contribution in [2.75, 3.05) is 20.6 Å². The number of nitrogens with zero attached hydrogens (tertiary/aromatic N) is 1. The van der Waals surface area contributed by atoms with E-state index in [4.69, 9.17) is 0 Å². The lowest BCUT2D eigenvalue weighted by atomic mass is 10.0. The lowest BCUT2D eigenvalue weighted by Gasteiger charge is -2.44. The summed E-state index contributed by atoms with van der Waals surface area (Å²) in [6.45, 7) is 13.7. The zero-order chi connectivity index (χ0) is 19.9. The first kappa shape index (κ1) is 26.2. The van der Waals surface area contributed by atoms with E-state index in [2.05, 4.69) is 47.6 Å². The molecule has 0 rings (SSSR count). The van der Waals surface area contributed by atoms with E-state index in [0.717, 1.165) is 5.67 Å². The van der Waals surface area contributed by atoms with Crippen molar-refractivity contribution >= 4 is 8.07 Å². The highest BCUT2D eigenvalue weighted by molar-refractivity contribution is 6.77. The molecule has 26 heavy (non-hydrogen) atoms. The predicted molar refractivity (Wildman–Crippen MR) is 125 cm³/mol. The van der Waals surface area contributed by atoms with Crippen LogP contribution in [0.2, 0.25) is 19.6 Å². The van der Waals surface area contributed by atoms with Crippen LogP contribution in [0, 0.1) is 0 Å². The van der Waals surface area contributed by atoms with Crippen molar-refractivity contribution in [1.82, 2.24) is 0 Å².